The Bertz CT molecular complexity index is 672. The lowest BCUT2D eigenvalue weighted by molar-refractivity contribution is -0.160. The first-order chi connectivity index (χ1) is 18.4. The third kappa shape index (κ3) is 22.3. The summed E-state index contributed by atoms with van der Waals surface area (Å²) in [4.78, 5) is 11.5. The van der Waals surface area contributed by atoms with Crippen LogP contribution in [0.3, 0.4) is 0 Å². The predicted molar refractivity (Wildman–Crippen MR) is 149 cm³/mol. The first kappa shape index (κ1) is 34.3. The van der Waals surface area contributed by atoms with Gasteiger partial charge in [-0.1, -0.05) is 51.2 Å². The summed E-state index contributed by atoms with van der Waals surface area (Å²) in [5.41, 5.74) is 0.875. The predicted octanol–water partition coefficient (Wildman–Crippen LogP) is 5.39. The van der Waals surface area contributed by atoms with Gasteiger partial charge in [0.05, 0.1) is 59.5 Å². The molecule has 0 aliphatic carbocycles. The maximum Gasteiger partial charge on any atom is 0.332 e. The van der Waals surface area contributed by atoms with E-state index in [0.717, 1.165) is 12.2 Å². The highest BCUT2D eigenvalue weighted by Crippen LogP contribution is 2.15. The summed E-state index contributed by atoms with van der Waals surface area (Å²) in [6.45, 7) is 12.4. The van der Waals surface area contributed by atoms with Gasteiger partial charge in [0.15, 0.2) is 0 Å². The van der Waals surface area contributed by atoms with E-state index in [2.05, 4.69) is 19.1 Å². The third-order valence-corrected chi connectivity index (χ3v) is 5.37. The monoisotopic (exact) mass is 540 g/mol. The number of rotatable bonds is 25. The number of esters is 1. The second kappa shape index (κ2) is 23.2. The smallest absolute Gasteiger partial charge is 0.332 e. The fourth-order valence-electron chi connectivity index (χ4n) is 3.49. The molecular weight excluding hydrogens is 488 g/mol. The molecule has 8 nitrogen and oxygen atoms in total. The van der Waals surface area contributed by atoms with Crippen LogP contribution in [-0.4, -0.2) is 84.2 Å². The van der Waals surface area contributed by atoms with Crippen LogP contribution in [0.1, 0.15) is 71.8 Å². The largest absolute Gasteiger partial charge is 0.491 e. The average molecular weight is 541 g/mol. The van der Waals surface area contributed by atoms with Crippen LogP contribution in [0.15, 0.2) is 24.3 Å². The van der Waals surface area contributed by atoms with Crippen molar-refractivity contribution in [2.24, 2.45) is 0 Å². The fraction of sp³-hybridized carbons (Fsp3) is 0.767. The SMILES string of the molecule is CCCCCCCCc1ccc(OCCOCCOCCOCCOCCOCC(=O)OC(C)(C)C)cc1. The van der Waals surface area contributed by atoms with Crippen molar-refractivity contribution in [2.75, 3.05) is 72.7 Å². The van der Waals surface area contributed by atoms with Crippen LogP contribution in [0.2, 0.25) is 0 Å². The van der Waals surface area contributed by atoms with E-state index in [9.17, 15) is 4.79 Å². The highest BCUT2D eigenvalue weighted by atomic mass is 16.6. The molecule has 0 fully saturated rings. The van der Waals surface area contributed by atoms with Gasteiger partial charge in [0.1, 0.15) is 24.6 Å². The summed E-state index contributed by atoms with van der Waals surface area (Å²) < 4.78 is 38.0. The number of carbonyl (C=O) groups is 1. The number of hydrogen-bond acceptors (Lipinski definition) is 8. The van der Waals surface area contributed by atoms with Crippen LogP contribution < -0.4 is 4.74 Å². The minimum absolute atomic E-state index is 0.0710. The van der Waals surface area contributed by atoms with Crippen LogP contribution in [0, 0.1) is 0 Å². The van der Waals surface area contributed by atoms with Crippen molar-refractivity contribution >= 4 is 5.97 Å². The zero-order valence-electron chi connectivity index (χ0n) is 24.3. The molecule has 0 bridgehead atoms. The van der Waals surface area contributed by atoms with Crippen molar-refractivity contribution in [3.05, 3.63) is 29.8 Å². The van der Waals surface area contributed by atoms with Gasteiger partial charge in [0.25, 0.3) is 0 Å². The second-order valence-electron chi connectivity index (χ2n) is 10.1. The van der Waals surface area contributed by atoms with Gasteiger partial charge in [-0.3, -0.25) is 0 Å². The Morgan fingerprint density at radius 3 is 1.63 bits per heavy atom. The van der Waals surface area contributed by atoms with E-state index in [0.29, 0.717) is 66.1 Å². The topological polar surface area (TPSA) is 81.7 Å². The molecule has 0 N–H and O–H groups in total. The van der Waals surface area contributed by atoms with Gasteiger partial charge >= 0.3 is 5.97 Å². The second-order valence-corrected chi connectivity index (χ2v) is 10.1. The molecule has 1 rings (SSSR count). The lowest BCUT2D eigenvalue weighted by Crippen LogP contribution is -2.27. The Balaban J connectivity index is 1.81. The van der Waals surface area contributed by atoms with Crippen LogP contribution in [0.25, 0.3) is 0 Å². The Hall–Kier alpha value is -1.71. The summed E-state index contributed by atoms with van der Waals surface area (Å²) in [5, 5.41) is 0. The minimum Gasteiger partial charge on any atom is -0.491 e. The molecule has 0 amide bonds. The van der Waals surface area contributed by atoms with Crippen molar-refractivity contribution in [1.29, 1.82) is 0 Å². The molecule has 0 atom stereocenters. The molecule has 8 heteroatoms. The summed E-state index contributed by atoms with van der Waals surface area (Å²) in [5.74, 6) is 0.505. The normalized spacial score (nSPS) is 11.6. The Morgan fingerprint density at radius 2 is 1.11 bits per heavy atom. The van der Waals surface area contributed by atoms with Gasteiger partial charge in [-0.05, 0) is 51.3 Å². The molecule has 0 radical (unpaired) electrons. The summed E-state index contributed by atoms with van der Waals surface area (Å²) in [7, 11) is 0. The van der Waals surface area contributed by atoms with Gasteiger partial charge in [0, 0.05) is 0 Å². The molecule has 0 aliphatic heterocycles. The first-order valence-electron chi connectivity index (χ1n) is 14.2. The molecule has 0 saturated carbocycles. The van der Waals surface area contributed by atoms with Crippen LogP contribution in [0.4, 0.5) is 0 Å². The Morgan fingerprint density at radius 1 is 0.632 bits per heavy atom. The molecule has 1 aromatic carbocycles. The maximum atomic E-state index is 11.5. The highest BCUT2D eigenvalue weighted by Gasteiger charge is 2.15. The molecule has 0 spiro atoms. The first-order valence-corrected chi connectivity index (χ1v) is 14.2. The standard InChI is InChI=1S/C30H52O8/c1-5-6-7-8-9-10-11-27-12-14-28(15-13-27)37-25-24-35-21-20-33-17-16-32-18-19-34-22-23-36-26-29(31)38-30(2,3)4/h12-15H,5-11,16-26H2,1-4H3. The van der Waals surface area contributed by atoms with Gasteiger partial charge in [-0.15, -0.1) is 0 Å². The number of benzene rings is 1. The quantitative estimate of drug-likeness (QED) is 0.121. The molecule has 0 heterocycles. The number of hydrogen-bond donors (Lipinski definition) is 0. The van der Waals surface area contributed by atoms with Crippen molar-refractivity contribution in [3.8, 4) is 5.75 Å². The van der Waals surface area contributed by atoms with E-state index >= 15 is 0 Å². The minimum atomic E-state index is -0.500. The van der Waals surface area contributed by atoms with Crippen molar-refractivity contribution in [3.63, 3.8) is 0 Å². The van der Waals surface area contributed by atoms with E-state index in [-0.39, 0.29) is 12.6 Å². The molecule has 0 aliphatic rings. The highest BCUT2D eigenvalue weighted by molar-refractivity contribution is 5.71. The third-order valence-electron chi connectivity index (χ3n) is 5.37. The van der Waals surface area contributed by atoms with E-state index < -0.39 is 5.60 Å². The number of carbonyl (C=O) groups excluding carboxylic acids is 1. The van der Waals surface area contributed by atoms with Crippen LogP contribution >= 0.6 is 0 Å². The van der Waals surface area contributed by atoms with Gasteiger partial charge in [-0.2, -0.15) is 0 Å². The molecule has 0 aromatic heterocycles. The molecule has 0 saturated heterocycles. The zero-order chi connectivity index (χ0) is 27.7. The van der Waals surface area contributed by atoms with E-state index in [4.69, 9.17) is 33.2 Å². The maximum absolute atomic E-state index is 11.5. The molecule has 0 unspecified atom stereocenters. The van der Waals surface area contributed by atoms with Gasteiger partial charge in [0.2, 0.25) is 0 Å². The lowest BCUT2D eigenvalue weighted by Gasteiger charge is -2.19. The van der Waals surface area contributed by atoms with E-state index in [1.54, 1.807) is 0 Å². The van der Waals surface area contributed by atoms with Crippen molar-refractivity contribution < 1.29 is 38.0 Å². The summed E-state index contributed by atoms with van der Waals surface area (Å²) >= 11 is 0. The van der Waals surface area contributed by atoms with E-state index in [1.165, 1.54) is 44.1 Å². The average Bonchev–Trinajstić information content (AvgIpc) is 2.87. The number of ether oxygens (including phenoxy) is 7. The van der Waals surface area contributed by atoms with Gasteiger partial charge in [-0.25, -0.2) is 4.79 Å². The zero-order valence-corrected chi connectivity index (χ0v) is 24.3. The molecule has 1 aromatic rings. The number of unbranched alkanes of at least 4 members (excludes halogenated alkanes) is 5. The summed E-state index contributed by atoms with van der Waals surface area (Å²) in [6, 6.07) is 8.41. The fourth-order valence-corrected chi connectivity index (χ4v) is 3.49. The van der Waals surface area contributed by atoms with Crippen molar-refractivity contribution in [1.82, 2.24) is 0 Å². The Kier molecular flexibility index (Phi) is 21.0. The van der Waals surface area contributed by atoms with Crippen LogP contribution in [-0.2, 0) is 39.6 Å². The molecule has 220 valence electrons. The number of aryl methyl sites for hydroxylation is 1. The van der Waals surface area contributed by atoms with Crippen LogP contribution in [0.5, 0.6) is 5.75 Å². The Labute approximate surface area is 230 Å². The van der Waals surface area contributed by atoms with E-state index in [1.807, 2.05) is 32.9 Å². The molecule has 38 heavy (non-hydrogen) atoms. The lowest BCUT2D eigenvalue weighted by atomic mass is 10.0. The van der Waals surface area contributed by atoms with Gasteiger partial charge < -0.3 is 33.2 Å². The molecular formula is C30H52O8. The summed E-state index contributed by atoms with van der Waals surface area (Å²) in [6.07, 6.45) is 9.09. The van der Waals surface area contributed by atoms with Crippen molar-refractivity contribution in [2.45, 2.75) is 78.2 Å².